The molecule has 26 heavy (non-hydrogen) atoms. The Balaban J connectivity index is 1.95. The van der Waals surface area contributed by atoms with Gasteiger partial charge in [-0.05, 0) is 49.4 Å². The normalized spacial score (nSPS) is 12.2. The SMILES string of the molecule is CNC(Cc1ccc2nc(-c3c(Cl)cccc3Cl)ccc2c1)C(=O)OC. The van der Waals surface area contributed by atoms with Crippen LogP contribution in [0.5, 0.6) is 0 Å². The molecule has 0 radical (unpaired) electrons. The number of likely N-dealkylation sites (N-methyl/N-ethyl adjacent to an activating group) is 1. The van der Waals surface area contributed by atoms with Gasteiger partial charge in [0.05, 0.1) is 28.4 Å². The van der Waals surface area contributed by atoms with Crippen LogP contribution in [0.2, 0.25) is 10.0 Å². The molecule has 1 atom stereocenters. The summed E-state index contributed by atoms with van der Waals surface area (Å²) >= 11 is 12.6. The molecule has 1 unspecified atom stereocenters. The standard InChI is InChI=1S/C20H18Cl2N2O2/c1-23-18(20(25)26-2)11-12-6-8-16-13(10-12)7-9-17(24-16)19-14(21)4-3-5-15(19)22/h3-10,18,23H,11H2,1-2H3. The topological polar surface area (TPSA) is 51.2 Å². The van der Waals surface area contributed by atoms with Crippen LogP contribution in [0.3, 0.4) is 0 Å². The number of hydrogen-bond acceptors (Lipinski definition) is 4. The maximum Gasteiger partial charge on any atom is 0.323 e. The van der Waals surface area contributed by atoms with Gasteiger partial charge in [-0.2, -0.15) is 0 Å². The number of aromatic nitrogens is 1. The van der Waals surface area contributed by atoms with Crippen LogP contribution in [0.1, 0.15) is 5.56 Å². The molecule has 3 aromatic rings. The van der Waals surface area contributed by atoms with Crippen LogP contribution in [-0.4, -0.2) is 31.2 Å². The quantitative estimate of drug-likeness (QED) is 0.653. The lowest BCUT2D eigenvalue weighted by Crippen LogP contribution is -2.36. The number of fused-ring (bicyclic) bond motifs is 1. The fourth-order valence-corrected chi connectivity index (χ4v) is 3.46. The fraction of sp³-hybridized carbons (Fsp3) is 0.200. The number of rotatable bonds is 5. The maximum absolute atomic E-state index is 11.8. The molecule has 0 aliphatic rings. The van der Waals surface area contributed by atoms with Crippen LogP contribution >= 0.6 is 23.2 Å². The summed E-state index contributed by atoms with van der Waals surface area (Å²) in [6.07, 6.45) is 0.539. The first-order valence-corrected chi connectivity index (χ1v) is 8.88. The highest BCUT2D eigenvalue weighted by Gasteiger charge is 2.17. The highest BCUT2D eigenvalue weighted by atomic mass is 35.5. The highest BCUT2D eigenvalue weighted by molar-refractivity contribution is 6.39. The highest BCUT2D eigenvalue weighted by Crippen LogP contribution is 2.34. The Bertz CT molecular complexity index is 939. The molecule has 0 saturated carbocycles. The van der Waals surface area contributed by atoms with Gasteiger partial charge in [0.2, 0.25) is 0 Å². The number of pyridine rings is 1. The number of nitrogens with zero attached hydrogens (tertiary/aromatic N) is 1. The molecule has 0 aliphatic carbocycles. The number of methoxy groups -OCH3 is 1. The molecule has 2 aromatic carbocycles. The Morgan fingerprint density at radius 3 is 2.54 bits per heavy atom. The number of carbonyl (C=O) groups is 1. The molecule has 0 spiro atoms. The second-order valence-electron chi connectivity index (χ2n) is 5.89. The summed E-state index contributed by atoms with van der Waals surface area (Å²) in [5.41, 5.74) is 3.31. The van der Waals surface area contributed by atoms with Gasteiger partial charge in [0.15, 0.2) is 0 Å². The number of benzene rings is 2. The number of carbonyl (C=O) groups excluding carboxylic acids is 1. The minimum atomic E-state index is -0.383. The number of halogens is 2. The van der Waals surface area contributed by atoms with Crippen LogP contribution in [0, 0.1) is 0 Å². The second-order valence-corrected chi connectivity index (χ2v) is 6.70. The Kier molecular flexibility index (Phi) is 5.77. The van der Waals surface area contributed by atoms with Gasteiger partial charge in [-0.15, -0.1) is 0 Å². The molecule has 0 aliphatic heterocycles. The Morgan fingerprint density at radius 1 is 1.15 bits per heavy atom. The van der Waals surface area contributed by atoms with E-state index in [1.54, 1.807) is 25.2 Å². The zero-order valence-corrected chi connectivity index (χ0v) is 15.9. The lowest BCUT2D eigenvalue weighted by atomic mass is 10.0. The first-order valence-electron chi connectivity index (χ1n) is 8.12. The van der Waals surface area contributed by atoms with Gasteiger partial charge < -0.3 is 10.1 Å². The first-order chi connectivity index (χ1) is 12.5. The van der Waals surface area contributed by atoms with Gasteiger partial charge in [0.1, 0.15) is 6.04 Å². The zero-order chi connectivity index (χ0) is 18.7. The van der Waals surface area contributed by atoms with E-state index >= 15 is 0 Å². The Morgan fingerprint density at radius 2 is 1.88 bits per heavy atom. The molecule has 3 rings (SSSR count). The second kappa shape index (κ2) is 8.04. The summed E-state index contributed by atoms with van der Waals surface area (Å²) in [6, 6.07) is 14.8. The fourth-order valence-electron chi connectivity index (χ4n) is 2.86. The van der Waals surface area contributed by atoms with Crippen molar-refractivity contribution >= 4 is 40.1 Å². The summed E-state index contributed by atoms with van der Waals surface area (Å²) in [5.74, 6) is -0.283. The lowest BCUT2D eigenvalue weighted by Gasteiger charge is -2.14. The van der Waals surface area contributed by atoms with Crippen molar-refractivity contribution in [1.29, 1.82) is 0 Å². The van der Waals surface area contributed by atoms with Crippen LogP contribution in [-0.2, 0) is 16.0 Å². The summed E-state index contributed by atoms with van der Waals surface area (Å²) < 4.78 is 4.81. The summed E-state index contributed by atoms with van der Waals surface area (Å²) in [7, 11) is 3.13. The molecule has 1 aromatic heterocycles. The molecule has 4 nitrogen and oxygen atoms in total. The van der Waals surface area contributed by atoms with E-state index in [1.807, 2.05) is 30.3 Å². The number of ether oxygens (including phenoxy) is 1. The smallest absolute Gasteiger partial charge is 0.323 e. The lowest BCUT2D eigenvalue weighted by molar-refractivity contribution is -0.142. The molecular weight excluding hydrogens is 371 g/mol. The predicted molar refractivity (Wildman–Crippen MR) is 106 cm³/mol. The average molecular weight is 389 g/mol. The molecule has 0 amide bonds. The van der Waals surface area contributed by atoms with E-state index in [1.165, 1.54) is 7.11 Å². The van der Waals surface area contributed by atoms with Crippen molar-refractivity contribution in [2.24, 2.45) is 0 Å². The van der Waals surface area contributed by atoms with Gasteiger partial charge >= 0.3 is 5.97 Å². The number of esters is 1. The predicted octanol–water partition coefficient (Wildman–Crippen LogP) is 4.51. The first kappa shape index (κ1) is 18.6. The molecular formula is C20H18Cl2N2O2. The van der Waals surface area contributed by atoms with Crippen molar-refractivity contribution in [2.75, 3.05) is 14.2 Å². The Hall–Kier alpha value is -2.14. The molecule has 6 heteroatoms. The molecule has 0 bridgehead atoms. The van der Waals surface area contributed by atoms with Crippen molar-refractivity contribution in [3.05, 3.63) is 64.1 Å². The van der Waals surface area contributed by atoms with Crippen molar-refractivity contribution in [2.45, 2.75) is 12.5 Å². The van der Waals surface area contributed by atoms with Gasteiger partial charge in [0.25, 0.3) is 0 Å². The monoisotopic (exact) mass is 388 g/mol. The summed E-state index contributed by atoms with van der Waals surface area (Å²) in [4.78, 5) is 16.4. The van der Waals surface area contributed by atoms with Crippen molar-refractivity contribution < 1.29 is 9.53 Å². The zero-order valence-electron chi connectivity index (χ0n) is 14.4. The molecule has 1 heterocycles. The molecule has 1 N–H and O–H groups in total. The van der Waals surface area contributed by atoms with Crippen LogP contribution < -0.4 is 5.32 Å². The van der Waals surface area contributed by atoms with E-state index in [0.717, 1.165) is 27.7 Å². The number of nitrogens with one attached hydrogen (secondary N) is 1. The van der Waals surface area contributed by atoms with E-state index in [-0.39, 0.29) is 12.0 Å². The third kappa shape index (κ3) is 3.83. The van der Waals surface area contributed by atoms with E-state index in [9.17, 15) is 4.79 Å². The maximum atomic E-state index is 11.8. The minimum Gasteiger partial charge on any atom is -0.468 e. The average Bonchev–Trinajstić information content (AvgIpc) is 2.65. The van der Waals surface area contributed by atoms with Crippen LogP contribution in [0.4, 0.5) is 0 Å². The van der Waals surface area contributed by atoms with E-state index in [2.05, 4.69) is 10.3 Å². The van der Waals surface area contributed by atoms with Crippen LogP contribution in [0.15, 0.2) is 48.5 Å². The number of hydrogen-bond donors (Lipinski definition) is 1. The van der Waals surface area contributed by atoms with Crippen molar-refractivity contribution in [3.63, 3.8) is 0 Å². The van der Waals surface area contributed by atoms with E-state index < -0.39 is 0 Å². The van der Waals surface area contributed by atoms with Crippen molar-refractivity contribution in [3.8, 4) is 11.3 Å². The van der Waals surface area contributed by atoms with Gasteiger partial charge in [0, 0.05) is 10.9 Å². The summed E-state index contributed by atoms with van der Waals surface area (Å²) in [6.45, 7) is 0. The van der Waals surface area contributed by atoms with Gasteiger partial charge in [-0.3, -0.25) is 4.79 Å². The van der Waals surface area contributed by atoms with Crippen LogP contribution in [0.25, 0.3) is 22.2 Å². The van der Waals surface area contributed by atoms with Gasteiger partial charge in [-0.25, -0.2) is 4.98 Å². The third-order valence-corrected chi connectivity index (χ3v) is 4.88. The van der Waals surface area contributed by atoms with Gasteiger partial charge in [-0.1, -0.05) is 41.4 Å². The van der Waals surface area contributed by atoms with E-state index in [0.29, 0.717) is 16.5 Å². The van der Waals surface area contributed by atoms with Crippen molar-refractivity contribution in [1.82, 2.24) is 10.3 Å². The largest absolute Gasteiger partial charge is 0.468 e. The third-order valence-electron chi connectivity index (χ3n) is 4.25. The van der Waals surface area contributed by atoms with E-state index in [4.69, 9.17) is 27.9 Å². The summed E-state index contributed by atoms with van der Waals surface area (Å²) in [5, 5.41) is 5.08. The Labute approximate surface area is 162 Å². The molecule has 134 valence electrons. The molecule has 0 fully saturated rings. The minimum absolute atomic E-state index is 0.283. The molecule has 0 saturated heterocycles.